The van der Waals surface area contributed by atoms with E-state index in [0.717, 1.165) is 5.56 Å². The Morgan fingerprint density at radius 3 is 2.22 bits per heavy atom. The van der Waals surface area contributed by atoms with Crippen LogP contribution in [-0.4, -0.2) is 15.2 Å². The number of nitrogens with one attached hydrogen (secondary N) is 2. The van der Waals surface area contributed by atoms with E-state index in [9.17, 15) is 8.78 Å². The minimum absolute atomic E-state index is 0.280. The lowest BCUT2D eigenvalue weighted by atomic mass is 10.2. The van der Waals surface area contributed by atoms with Gasteiger partial charge in [-0.15, -0.1) is 5.10 Å². The summed E-state index contributed by atoms with van der Waals surface area (Å²) in [5.74, 6) is 0.227. The van der Waals surface area contributed by atoms with Gasteiger partial charge in [0.05, 0.1) is 6.20 Å². The Morgan fingerprint density at radius 2 is 1.52 bits per heavy atom. The Morgan fingerprint density at radius 1 is 0.870 bits per heavy atom. The molecule has 0 bridgehead atoms. The minimum atomic E-state index is -0.307. The highest BCUT2D eigenvalue weighted by Crippen LogP contribution is 2.15. The van der Waals surface area contributed by atoms with E-state index in [2.05, 4.69) is 25.8 Å². The summed E-state index contributed by atoms with van der Waals surface area (Å²) in [7, 11) is 0. The lowest BCUT2D eigenvalue weighted by Gasteiger charge is -2.07. The van der Waals surface area contributed by atoms with E-state index in [1.54, 1.807) is 24.3 Å². The molecule has 1 heterocycles. The maximum atomic E-state index is 12.9. The summed E-state index contributed by atoms with van der Waals surface area (Å²) in [5.41, 5.74) is 1.59. The van der Waals surface area contributed by atoms with Gasteiger partial charge in [0.15, 0.2) is 5.82 Å². The first-order chi connectivity index (χ1) is 11.2. The topological polar surface area (TPSA) is 62.7 Å². The summed E-state index contributed by atoms with van der Waals surface area (Å²) in [6.45, 7) is 0.446. The fourth-order valence-corrected chi connectivity index (χ4v) is 1.90. The maximum absolute atomic E-state index is 12.9. The van der Waals surface area contributed by atoms with E-state index in [-0.39, 0.29) is 11.6 Å². The molecule has 0 atom stereocenters. The van der Waals surface area contributed by atoms with Crippen molar-refractivity contribution < 1.29 is 8.78 Å². The quantitative estimate of drug-likeness (QED) is 0.755. The highest BCUT2D eigenvalue weighted by molar-refractivity contribution is 5.55. The molecule has 0 spiro atoms. The maximum Gasteiger partial charge on any atom is 0.244 e. The fourth-order valence-electron chi connectivity index (χ4n) is 1.90. The van der Waals surface area contributed by atoms with Crippen LogP contribution in [0, 0.1) is 11.6 Å². The number of anilines is 3. The molecule has 0 unspecified atom stereocenters. The van der Waals surface area contributed by atoms with Crippen LogP contribution in [0.5, 0.6) is 0 Å². The zero-order valence-electron chi connectivity index (χ0n) is 12.0. The van der Waals surface area contributed by atoms with Gasteiger partial charge in [0.25, 0.3) is 0 Å². The van der Waals surface area contributed by atoms with Gasteiger partial charge in [-0.05, 0) is 42.0 Å². The number of halogens is 2. The van der Waals surface area contributed by atoms with Crippen molar-refractivity contribution in [1.29, 1.82) is 0 Å². The molecule has 0 saturated heterocycles. The van der Waals surface area contributed by atoms with Gasteiger partial charge in [0.1, 0.15) is 11.6 Å². The van der Waals surface area contributed by atoms with Gasteiger partial charge in [0.2, 0.25) is 5.95 Å². The van der Waals surface area contributed by atoms with E-state index >= 15 is 0 Å². The van der Waals surface area contributed by atoms with Crippen LogP contribution in [0.2, 0.25) is 0 Å². The number of nitrogens with zero attached hydrogens (tertiary/aromatic N) is 3. The normalized spacial score (nSPS) is 10.3. The summed E-state index contributed by atoms with van der Waals surface area (Å²) < 4.78 is 25.7. The highest BCUT2D eigenvalue weighted by Gasteiger charge is 2.02. The first-order valence-corrected chi connectivity index (χ1v) is 6.90. The van der Waals surface area contributed by atoms with Crippen molar-refractivity contribution in [2.45, 2.75) is 6.54 Å². The molecular weight excluding hydrogens is 300 g/mol. The highest BCUT2D eigenvalue weighted by atomic mass is 19.1. The summed E-state index contributed by atoms with van der Waals surface area (Å²) in [6, 6.07) is 12.0. The third-order valence-corrected chi connectivity index (χ3v) is 3.04. The lowest BCUT2D eigenvalue weighted by Crippen LogP contribution is -2.06. The van der Waals surface area contributed by atoms with Crippen molar-refractivity contribution in [1.82, 2.24) is 15.2 Å². The van der Waals surface area contributed by atoms with Crippen molar-refractivity contribution in [2.75, 3.05) is 10.6 Å². The standard InChI is InChI=1S/C16H13F2N5/c17-12-3-1-11(2-4-12)9-19-16-22-15(10-20-23-16)21-14-7-5-13(18)6-8-14/h1-8,10H,9H2,(H2,19,21,22,23). The van der Waals surface area contributed by atoms with Gasteiger partial charge in [-0.3, -0.25) is 0 Å². The van der Waals surface area contributed by atoms with Gasteiger partial charge < -0.3 is 10.6 Å². The first-order valence-electron chi connectivity index (χ1n) is 6.90. The van der Waals surface area contributed by atoms with E-state index in [4.69, 9.17) is 0 Å². The molecular formula is C16H13F2N5. The fraction of sp³-hybridized carbons (Fsp3) is 0.0625. The monoisotopic (exact) mass is 313 g/mol. The van der Waals surface area contributed by atoms with Crippen LogP contribution < -0.4 is 10.6 Å². The SMILES string of the molecule is Fc1ccc(CNc2nncc(Nc3ccc(F)cc3)n2)cc1. The number of rotatable bonds is 5. The van der Waals surface area contributed by atoms with E-state index in [0.29, 0.717) is 24.0 Å². The van der Waals surface area contributed by atoms with Crippen LogP contribution in [0.25, 0.3) is 0 Å². The lowest BCUT2D eigenvalue weighted by molar-refractivity contribution is 0.627. The molecule has 0 radical (unpaired) electrons. The number of benzene rings is 2. The largest absolute Gasteiger partial charge is 0.349 e. The summed E-state index contributed by atoms with van der Waals surface area (Å²) >= 11 is 0. The van der Waals surface area contributed by atoms with Crippen molar-refractivity contribution >= 4 is 17.5 Å². The number of hydrogen-bond donors (Lipinski definition) is 2. The van der Waals surface area contributed by atoms with Crippen LogP contribution in [0.3, 0.4) is 0 Å². The molecule has 2 N–H and O–H groups in total. The molecule has 0 fully saturated rings. The molecule has 7 heteroatoms. The molecule has 23 heavy (non-hydrogen) atoms. The second-order valence-corrected chi connectivity index (χ2v) is 4.78. The molecule has 0 aliphatic heterocycles. The zero-order chi connectivity index (χ0) is 16.1. The minimum Gasteiger partial charge on any atom is -0.349 e. The molecule has 0 amide bonds. The van der Waals surface area contributed by atoms with Crippen LogP contribution in [0.4, 0.5) is 26.2 Å². The van der Waals surface area contributed by atoms with Crippen LogP contribution >= 0.6 is 0 Å². The molecule has 116 valence electrons. The average molecular weight is 313 g/mol. The summed E-state index contributed by atoms with van der Waals surface area (Å²) in [6.07, 6.45) is 1.46. The van der Waals surface area contributed by atoms with Gasteiger partial charge >= 0.3 is 0 Å². The zero-order valence-corrected chi connectivity index (χ0v) is 12.0. The molecule has 5 nitrogen and oxygen atoms in total. The molecule has 0 aliphatic rings. The van der Waals surface area contributed by atoms with E-state index in [1.165, 1.54) is 30.5 Å². The molecule has 0 aliphatic carbocycles. The van der Waals surface area contributed by atoms with Crippen LogP contribution in [0.15, 0.2) is 54.7 Å². The van der Waals surface area contributed by atoms with Gasteiger partial charge in [-0.2, -0.15) is 10.1 Å². The van der Waals surface area contributed by atoms with Gasteiger partial charge in [-0.25, -0.2) is 8.78 Å². The van der Waals surface area contributed by atoms with Gasteiger partial charge in [-0.1, -0.05) is 12.1 Å². The second-order valence-electron chi connectivity index (χ2n) is 4.78. The van der Waals surface area contributed by atoms with Crippen molar-refractivity contribution in [3.8, 4) is 0 Å². The molecule has 3 aromatic rings. The van der Waals surface area contributed by atoms with Crippen molar-refractivity contribution in [2.24, 2.45) is 0 Å². The Bertz CT molecular complexity index is 775. The Labute approximate surface area is 131 Å². The van der Waals surface area contributed by atoms with Crippen molar-refractivity contribution in [3.63, 3.8) is 0 Å². The number of hydrogen-bond acceptors (Lipinski definition) is 5. The molecule has 1 aromatic heterocycles. The van der Waals surface area contributed by atoms with Crippen molar-refractivity contribution in [3.05, 3.63) is 71.9 Å². The predicted molar refractivity (Wildman–Crippen MR) is 83.2 cm³/mol. The van der Waals surface area contributed by atoms with Crippen LogP contribution in [-0.2, 0) is 6.54 Å². The Kier molecular flexibility index (Phi) is 4.37. The Balaban J connectivity index is 1.65. The predicted octanol–water partition coefficient (Wildman–Crippen LogP) is 3.51. The molecule has 3 rings (SSSR count). The first kappa shape index (κ1) is 14.8. The van der Waals surface area contributed by atoms with E-state index < -0.39 is 0 Å². The number of aromatic nitrogens is 3. The Hall–Kier alpha value is -3.09. The van der Waals surface area contributed by atoms with E-state index in [1.807, 2.05) is 0 Å². The second kappa shape index (κ2) is 6.78. The van der Waals surface area contributed by atoms with Crippen LogP contribution in [0.1, 0.15) is 5.56 Å². The summed E-state index contributed by atoms with van der Waals surface area (Å²) in [5, 5.41) is 13.8. The third kappa shape index (κ3) is 4.19. The summed E-state index contributed by atoms with van der Waals surface area (Å²) in [4.78, 5) is 4.26. The van der Waals surface area contributed by atoms with Gasteiger partial charge in [0, 0.05) is 12.2 Å². The smallest absolute Gasteiger partial charge is 0.244 e. The molecule has 0 saturated carbocycles. The third-order valence-electron chi connectivity index (χ3n) is 3.04. The molecule has 2 aromatic carbocycles. The average Bonchev–Trinajstić information content (AvgIpc) is 2.57.